The second-order valence-electron chi connectivity index (χ2n) is 4.99. The van der Waals surface area contributed by atoms with Crippen LogP contribution in [0.5, 0.6) is 0 Å². The molecule has 1 heterocycles. The smallest absolute Gasteiger partial charge is 0.242 e. The Balaban J connectivity index is 1.97. The minimum atomic E-state index is -0.599. The highest BCUT2D eigenvalue weighted by Crippen LogP contribution is 2.11. The van der Waals surface area contributed by atoms with Crippen LogP contribution in [0.15, 0.2) is 24.3 Å². The van der Waals surface area contributed by atoms with E-state index in [0.717, 1.165) is 5.56 Å². The van der Waals surface area contributed by atoms with E-state index in [0.29, 0.717) is 19.6 Å². The van der Waals surface area contributed by atoms with Gasteiger partial charge in [0, 0.05) is 19.6 Å². The average Bonchev–Trinajstić information content (AvgIpc) is 2.40. The third-order valence-electron chi connectivity index (χ3n) is 3.28. The Morgan fingerprint density at radius 1 is 1.45 bits per heavy atom. The maximum Gasteiger partial charge on any atom is 0.242 e. The van der Waals surface area contributed by atoms with Gasteiger partial charge in [0.05, 0.1) is 12.6 Å². The normalized spacial score (nSPS) is 17.2. The van der Waals surface area contributed by atoms with E-state index in [2.05, 4.69) is 0 Å². The van der Waals surface area contributed by atoms with Crippen molar-refractivity contribution in [2.45, 2.75) is 19.5 Å². The number of carbonyl (C=O) groups excluding carboxylic acids is 2. The fourth-order valence-electron chi connectivity index (χ4n) is 2.21. The lowest BCUT2D eigenvalue weighted by Gasteiger charge is -2.35. The van der Waals surface area contributed by atoms with Gasteiger partial charge in [-0.3, -0.25) is 9.59 Å². The first-order valence-corrected chi connectivity index (χ1v) is 6.54. The van der Waals surface area contributed by atoms with Crippen LogP contribution in [0.1, 0.15) is 12.5 Å². The first-order chi connectivity index (χ1) is 9.47. The molecule has 0 aliphatic carbocycles. The van der Waals surface area contributed by atoms with Crippen LogP contribution in [0, 0.1) is 5.82 Å². The zero-order chi connectivity index (χ0) is 14.7. The van der Waals surface area contributed by atoms with Gasteiger partial charge in [0.25, 0.3) is 0 Å². The minimum Gasteiger partial charge on any atom is -0.335 e. The van der Waals surface area contributed by atoms with Crippen LogP contribution in [0.3, 0.4) is 0 Å². The lowest BCUT2D eigenvalue weighted by molar-refractivity contribution is -0.146. The predicted molar refractivity (Wildman–Crippen MR) is 72.0 cm³/mol. The van der Waals surface area contributed by atoms with Gasteiger partial charge in [-0.2, -0.15) is 0 Å². The fourth-order valence-corrected chi connectivity index (χ4v) is 2.21. The van der Waals surface area contributed by atoms with Crippen LogP contribution in [-0.4, -0.2) is 47.3 Å². The zero-order valence-corrected chi connectivity index (χ0v) is 11.4. The summed E-state index contributed by atoms with van der Waals surface area (Å²) in [5.41, 5.74) is 6.27. The van der Waals surface area contributed by atoms with Crippen molar-refractivity contribution in [2.75, 3.05) is 19.6 Å². The monoisotopic (exact) mass is 279 g/mol. The Hall–Kier alpha value is -1.95. The SMILES string of the molecule is C[C@H](N)C(=O)N1CCN(Cc2cccc(F)c2)C(=O)C1. The number of benzene rings is 1. The van der Waals surface area contributed by atoms with Crippen LogP contribution in [0.25, 0.3) is 0 Å². The van der Waals surface area contributed by atoms with Gasteiger partial charge in [-0.25, -0.2) is 4.39 Å². The molecule has 0 spiro atoms. The topological polar surface area (TPSA) is 66.6 Å². The van der Waals surface area contributed by atoms with E-state index in [1.54, 1.807) is 24.0 Å². The van der Waals surface area contributed by atoms with Gasteiger partial charge in [0.1, 0.15) is 5.82 Å². The van der Waals surface area contributed by atoms with E-state index in [1.807, 2.05) is 0 Å². The van der Waals surface area contributed by atoms with Crippen LogP contribution >= 0.6 is 0 Å². The summed E-state index contributed by atoms with van der Waals surface area (Å²) in [7, 11) is 0. The Labute approximate surface area is 117 Å². The number of hydrogen-bond acceptors (Lipinski definition) is 3. The molecule has 0 bridgehead atoms. The molecule has 1 aromatic carbocycles. The molecule has 1 fully saturated rings. The predicted octanol–water partition coefficient (Wildman–Crippen LogP) is 0.344. The number of rotatable bonds is 3. The van der Waals surface area contributed by atoms with Crippen molar-refractivity contribution in [1.29, 1.82) is 0 Å². The number of halogens is 1. The second-order valence-corrected chi connectivity index (χ2v) is 4.99. The van der Waals surface area contributed by atoms with Gasteiger partial charge in [0.2, 0.25) is 11.8 Å². The van der Waals surface area contributed by atoms with E-state index >= 15 is 0 Å². The molecule has 20 heavy (non-hydrogen) atoms. The second kappa shape index (κ2) is 6.00. The maximum absolute atomic E-state index is 13.1. The zero-order valence-electron chi connectivity index (χ0n) is 11.4. The van der Waals surface area contributed by atoms with Gasteiger partial charge in [-0.15, -0.1) is 0 Å². The number of amides is 2. The lowest BCUT2D eigenvalue weighted by Crippen LogP contribution is -2.54. The van der Waals surface area contributed by atoms with Crippen molar-refractivity contribution in [3.63, 3.8) is 0 Å². The molecule has 108 valence electrons. The molecule has 1 aliphatic heterocycles. The van der Waals surface area contributed by atoms with Crippen molar-refractivity contribution in [2.24, 2.45) is 5.73 Å². The third kappa shape index (κ3) is 3.33. The van der Waals surface area contributed by atoms with Crippen LogP contribution in [-0.2, 0) is 16.1 Å². The Morgan fingerprint density at radius 2 is 2.20 bits per heavy atom. The maximum atomic E-state index is 13.1. The molecule has 2 amide bonds. The quantitative estimate of drug-likeness (QED) is 0.868. The molecule has 0 saturated carbocycles. The molecule has 1 aliphatic rings. The molecule has 2 N–H and O–H groups in total. The molecule has 0 unspecified atom stereocenters. The van der Waals surface area contributed by atoms with E-state index in [1.165, 1.54) is 17.0 Å². The van der Waals surface area contributed by atoms with Gasteiger partial charge in [-0.05, 0) is 24.6 Å². The van der Waals surface area contributed by atoms with Crippen molar-refractivity contribution < 1.29 is 14.0 Å². The van der Waals surface area contributed by atoms with Crippen molar-refractivity contribution >= 4 is 11.8 Å². The fraction of sp³-hybridized carbons (Fsp3) is 0.429. The average molecular weight is 279 g/mol. The largest absolute Gasteiger partial charge is 0.335 e. The Morgan fingerprint density at radius 3 is 2.80 bits per heavy atom. The van der Waals surface area contributed by atoms with E-state index in [4.69, 9.17) is 5.73 Å². The van der Waals surface area contributed by atoms with Crippen molar-refractivity contribution in [3.8, 4) is 0 Å². The highest BCUT2D eigenvalue weighted by Gasteiger charge is 2.28. The molecule has 2 rings (SSSR count). The summed E-state index contributed by atoms with van der Waals surface area (Å²) >= 11 is 0. The van der Waals surface area contributed by atoms with E-state index in [9.17, 15) is 14.0 Å². The first kappa shape index (κ1) is 14.5. The molecular formula is C14H18FN3O2. The van der Waals surface area contributed by atoms with Crippen molar-refractivity contribution in [3.05, 3.63) is 35.6 Å². The lowest BCUT2D eigenvalue weighted by atomic mass is 10.2. The molecule has 1 atom stereocenters. The van der Waals surface area contributed by atoms with Gasteiger partial charge in [0.15, 0.2) is 0 Å². The third-order valence-corrected chi connectivity index (χ3v) is 3.28. The molecule has 6 heteroatoms. The summed E-state index contributed by atoms with van der Waals surface area (Å²) in [4.78, 5) is 26.8. The van der Waals surface area contributed by atoms with E-state index in [-0.39, 0.29) is 24.2 Å². The molecule has 1 saturated heterocycles. The molecule has 1 aromatic rings. The Bertz CT molecular complexity index is 519. The van der Waals surface area contributed by atoms with Gasteiger partial charge >= 0.3 is 0 Å². The number of hydrogen-bond donors (Lipinski definition) is 1. The number of nitrogens with zero attached hydrogens (tertiary/aromatic N) is 2. The molecule has 5 nitrogen and oxygen atoms in total. The van der Waals surface area contributed by atoms with Crippen LogP contribution in [0.2, 0.25) is 0 Å². The van der Waals surface area contributed by atoms with E-state index < -0.39 is 6.04 Å². The first-order valence-electron chi connectivity index (χ1n) is 6.54. The van der Waals surface area contributed by atoms with Gasteiger partial charge < -0.3 is 15.5 Å². The van der Waals surface area contributed by atoms with Crippen LogP contribution in [0.4, 0.5) is 4.39 Å². The number of piperazine rings is 1. The summed E-state index contributed by atoms with van der Waals surface area (Å²) in [6.07, 6.45) is 0. The van der Waals surface area contributed by atoms with Gasteiger partial charge in [-0.1, -0.05) is 12.1 Å². The summed E-state index contributed by atoms with van der Waals surface area (Å²) in [6.45, 7) is 2.90. The van der Waals surface area contributed by atoms with Crippen LogP contribution < -0.4 is 5.73 Å². The molecule has 0 aromatic heterocycles. The highest BCUT2D eigenvalue weighted by molar-refractivity contribution is 5.88. The summed E-state index contributed by atoms with van der Waals surface area (Å²) in [5.74, 6) is -0.681. The highest BCUT2D eigenvalue weighted by atomic mass is 19.1. The summed E-state index contributed by atoms with van der Waals surface area (Å²) < 4.78 is 13.1. The number of nitrogens with two attached hydrogens (primary N) is 1. The summed E-state index contributed by atoms with van der Waals surface area (Å²) in [5, 5.41) is 0. The standard InChI is InChI=1S/C14H18FN3O2/c1-10(16)14(20)18-6-5-17(13(19)9-18)8-11-3-2-4-12(15)7-11/h2-4,7,10H,5-6,8-9,16H2,1H3/t10-/m0/s1. The molecular weight excluding hydrogens is 261 g/mol. The van der Waals surface area contributed by atoms with Crippen molar-refractivity contribution in [1.82, 2.24) is 9.80 Å². The molecule has 0 radical (unpaired) electrons. The Kier molecular flexibility index (Phi) is 4.34. The number of carbonyl (C=O) groups is 2. The summed E-state index contributed by atoms with van der Waals surface area (Å²) in [6, 6.07) is 5.57. The minimum absolute atomic E-state index is 0.0374.